The third-order valence-corrected chi connectivity index (χ3v) is 2.96. The lowest BCUT2D eigenvalue weighted by atomic mass is 10.1. The van der Waals surface area contributed by atoms with E-state index in [0.717, 1.165) is 11.3 Å². The van der Waals surface area contributed by atoms with Crippen molar-refractivity contribution in [3.63, 3.8) is 0 Å². The molecular formula is C13H13ClO3. The topological polar surface area (TPSA) is 31.6 Å². The molecule has 1 aromatic carbocycles. The van der Waals surface area contributed by atoms with Crippen LogP contribution in [-0.2, 0) is 0 Å². The first kappa shape index (κ1) is 11.9. The van der Waals surface area contributed by atoms with Gasteiger partial charge in [0.15, 0.2) is 0 Å². The third-order valence-electron chi connectivity index (χ3n) is 2.51. The van der Waals surface area contributed by atoms with Gasteiger partial charge in [-0.25, -0.2) is 0 Å². The Labute approximate surface area is 105 Å². The molecule has 0 fully saturated rings. The number of ether oxygens (including phenoxy) is 2. The van der Waals surface area contributed by atoms with Gasteiger partial charge in [-0.2, -0.15) is 0 Å². The number of halogens is 1. The van der Waals surface area contributed by atoms with Gasteiger partial charge in [0.05, 0.1) is 20.5 Å². The fraction of sp³-hybridized carbons (Fsp3) is 0.231. The summed E-state index contributed by atoms with van der Waals surface area (Å²) in [6, 6.07) is 9.16. The van der Waals surface area contributed by atoms with Crippen molar-refractivity contribution in [1.29, 1.82) is 0 Å². The van der Waals surface area contributed by atoms with Gasteiger partial charge in [0.1, 0.15) is 22.6 Å². The standard InChI is InChI=1S/C13H13ClO3/c1-15-9-5-6-10(12(8-9)16-2)13(14)11-4-3-7-17-11/h3-8,13H,1-2H3. The molecule has 0 saturated heterocycles. The molecule has 1 atom stereocenters. The van der Waals surface area contributed by atoms with Crippen LogP contribution in [0.3, 0.4) is 0 Å². The van der Waals surface area contributed by atoms with E-state index >= 15 is 0 Å². The predicted molar refractivity (Wildman–Crippen MR) is 66.0 cm³/mol. The van der Waals surface area contributed by atoms with E-state index in [-0.39, 0.29) is 5.38 Å². The molecule has 17 heavy (non-hydrogen) atoms. The normalized spacial score (nSPS) is 12.2. The van der Waals surface area contributed by atoms with Gasteiger partial charge in [0.2, 0.25) is 0 Å². The Hall–Kier alpha value is -1.61. The van der Waals surface area contributed by atoms with E-state index in [4.69, 9.17) is 25.5 Å². The van der Waals surface area contributed by atoms with Crippen LogP contribution in [0.1, 0.15) is 16.7 Å². The summed E-state index contributed by atoms with van der Waals surface area (Å²) < 4.78 is 15.7. The molecule has 0 aliphatic carbocycles. The SMILES string of the molecule is COc1ccc(C(Cl)c2ccco2)c(OC)c1. The Balaban J connectivity index is 2.38. The van der Waals surface area contributed by atoms with Crippen molar-refractivity contribution >= 4 is 11.6 Å². The van der Waals surface area contributed by atoms with Crippen molar-refractivity contribution in [1.82, 2.24) is 0 Å². The number of alkyl halides is 1. The smallest absolute Gasteiger partial charge is 0.127 e. The summed E-state index contributed by atoms with van der Waals surface area (Å²) >= 11 is 6.34. The summed E-state index contributed by atoms with van der Waals surface area (Å²) in [6.45, 7) is 0. The maximum Gasteiger partial charge on any atom is 0.127 e. The second-order valence-corrected chi connectivity index (χ2v) is 3.92. The first-order chi connectivity index (χ1) is 8.26. The molecular weight excluding hydrogens is 240 g/mol. The molecule has 0 radical (unpaired) electrons. The van der Waals surface area contributed by atoms with Crippen LogP contribution in [0.15, 0.2) is 41.0 Å². The summed E-state index contributed by atoms with van der Waals surface area (Å²) in [5.74, 6) is 2.10. The minimum absolute atomic E-state index is 0.370. The van der Waals surface area contributed by atoms with E-state index in [1.165, 1.54) is 0 Å². The van der Waals surface area contributed by atoms with E-state index in [9.17, 15) is 0 Å². The highest BCUT2D eigenvalue weighted by atomic mass is 35.5. The van der Waals surface area contributed by atoms with Crippen LogP contribution in [0.2, 0.25) is 0 Å². The van der Waals surface area contributed by atoms with E-state index in [2.05, 4.69) is 0 Å². The van der Waals surface area contributed by atoms with Crippen molar-refractivity contribution in [2.45, 2.75) is 5.38 Å². The fourth-order valence-electron chi connectivity index (χ4n) is 1.62. The molecule has 1 aromatic heterocycles. The maximum atomic E-state index is 6.34. The van der Waals surface area contributed by atoms with E-state index in [1.54, 1.807) is 32.6 Å². The zero-order chi connectivity index (χ0) is 12.3. The fourth-order valence-corrected chi connectivity index (χ4v) is 1.92. The second-order valence-electron chi connectivity index (χ2n) is 3.49. The summed E-state index contributed by atoms with van der Waals surface area (Å²) in [7, 11) is 3.21. The lowest BCUT2D eigenvalue weighted by Crippen LogP contribution is -1.97. The van der Waals surface area contributed by atoms with Gasteiger partial charge in [-0.05, 0) is 24.3 Å². The number of hydrogen-bond donors (Lipinski definition) is 0. The summed E-state index contributed by atoms with van der Waals surface area (Å²) in [5.41, 5.74) is 0.852. The Morgan fingerprint density at radius 2 is 2.00 bits per heavy atom. The number of benzene rings is 1. The molecule has 0 amide bonds. The molecule has 1 heterocycles. The zero-order valence-corrected chi connectivity index (χ0v) is 10.4. The molecule has 0 saturated carbocycles. The Morgan fingerprint density at radius 3 is 2.59 bits per heavy atom. The van der Waals surface area contributed by atoms with Gasteiger partial charge >= 0.3 is 0 Å². The Bertz CT molecular complexity index is 479. The molecule has 0 aliphatic rings. The van der Waals surface area contributed by atoms with Crippen LogP contribution in [0.4, 0.5) is 0 Å². The Kier molecular flexibility index (Phi) is 3.59. The lowest BCUT2D eigenvalue weighted by Gasteiger charge is -2.13. The van der Waals surface area contributed by atoms with Crippen molar-refractivity contribution in [3.8, 4) is 11.5 Å². The van der Waals surface area contributed by atoms with Crippen LogP contribution in [0.5, 0.6) is 11.5 Å². The Morgan fingerprint density at radius 1 is 1.18 bits per heavy atom. The molecule has 0 aliphatic heterocycles. The predicted octanol–water partition coefficient (Wildman–Crippen LogP) is 3.63. The second kappa shape index (κ2) is 5.15. The monoisotopic (exact) mass is 252 g/mol. The average Bonchev–Trinajstić information content (AvgIpc) is 2.91. The van der Waals surface area contributed by atoms with Crippen molar-refractivity contribution < 1.29 is 13.9 Å². The number of hydrogen-bond acceptors (Lipinski definition) is 3. The van der Waals surface area contributed by atoms with Crippen LogP contribution in [-0.4, -0.2) is 14.2 Å². The molecule has 0 N–H and O–H groups in total. The zero-order valence-electron chi connectivity index (χ0n) is 9.64. The lowest BCUT2D eigenvalue weighted by molar-refractivity contribution is 0.390. The number of methoxy groups -OCH3 is 2. The third kappa shape index (κ3) is 2.39. The van der Waals surface area contributed by atoms with Crippen LogP contribution in [0, 0.1) is 0 Å². The van der Waals surface area contributed by atoms with Gasteiger partial charge in [-0.1, -0.05) is 0 Å². The molecule has 2 aromatic rings. The summed E-state index contributed by atoms with van der Waals surface area (Å²) in [6.07, 6.45) is 1.60. The first-order valence-corrected chi connectivity index (χ1v) is 5.59. The number of rotatable bonds is 4. The average molecular weight is 253 g/mol. The quantitative estimate of drug-likeness (QED) is 0.779. The molecule has 2 rings (SSSR count). The van der Waals surface area contributed by atoms with Gasteiger partial charge in [-0.3, -0.25) is 0 Å². The highest BCUT2D eigenvalue weighted by molar-refractivity contribution is 6.22. The molecule has 0 bridgehead atoms. The molecule has 90 valence electrons. The van der Waals surface area contributed by atoms with Crippen LogP contribution in [0.25, 0.3) is 0 Å². The minimum atomic E-state index is -0.370. The van der Waals surface area contributed by atoms with Crippen molar-refractivity contribution in [2.24, 2.45) is 0 Å². The van der Waals surface area contributed by atoms with Gasteiger partial charge in [0, 0.05) is 11.6 Å². The minimum Gasteiger partial charge on any atom is -0.497 e. The number of furan rings is 1. The summed E-state index contributed by atoms with van der Waals surface area (Å²) in [5, 5.41) is -0.370. The molecule has 3 nitrogen and oxygen atoms in total. The summed E-state index contributed by atoms with van der Waals surface area (Å²) in [4.78, 5) is 0. The maximum absolute atomic E-state index is 6.34. The van der Waals surface area contributed by atoms with Gasteiger partial charge in [-0.15, -0.1) is 11.6 Å². The molecule has 0 spiro atoms. The molecule has 1 unspecified atom stereocenters. The molecule has 4 heteroatoms. The first-order valence-electron chi connectivity index (χ1n) is 5.15. The largest absolute Gasteiger partial charge is 0.497 e. The van der Waals surface area contributed by atoms with Crippen molar-refractivity contribution in [3.05, 3.63) is 47.9 Å². The van der Waals surface area contributed by atoms with E-state index in [0.29, 0.717) is 11.5 Å². The highest BCUT2D eigenvalue weighted by Crippen LogP contribution is 2.37. The van der Waals surface area contributed by atoms with Crippen molar-refractivity contribution in [2.75, 3.05) is 14.2 Å². The van der Waals surface area contributed by atoms with Gasteiger partial charge in [0.25, 0.3) is 0 Å². The van der Waals surface area contributed by atoms with Crippen LogP contribution < -0.4 is 9.47 Å². The van der Waals surface area contributed by atoms with Gasteiger partial charge < -0.3 is 13.9 Å². The van der Waals surface area contributed by atoms with Crippen LogP contribution >= 0.6 is 11.6 Å². The highest BCUT2D eigenvalue weighted by Gasteiger charge is 2.18. The van der Waals surface area contributed by atoms with E-state index < -0.39 is 0 Å². The van der Waals surface area contributed by atoms with E-state index in [1.807, 2.05) is 18.2 Å².